The Morgan fingerprint density at radius 2 is 1.56 bits per heavy atom. The van der Waals surface area contributed by atoms with E-state index in [4.69, 9.17) is 4.74 Å². The lowest BCUT2D eigenvalue weighted by Gasteiger charge is -2.08. The predicted octanol–water partition coefficient (Wildman–Crippen LogP) is 4.30. The second-order valence-electron chi connectivity index (χ2n) is 4.45. The Bertz CT molecular complexity index is 568. The Hall–Kier alpha value is -2.09. The number of Topliss-reactive ketones (excluding diaryl/α,β-unsaturated/α-hetero) is 1. The predicted molar refractivity (Wildman–Crippen MR) is 72.4 cm³/mol. The first-order chi connectivity index (χ1) is 8.56. The van der Waals surface area contributed by atoms with Crippen LogP contribution in [0.25, 0.3) is 0 Å². The Labute approximate surface area is 107 Å². The summed E-state index contributed by atoms with van der Waals surface area (Å²) in [7, 11) is 0. The molecule has 0 bridgehead atoms. The molecule has 0 unspecified atom stereocenters. The first-order valence-corrected chi connectivity index (χ1v) is 5.92. The van der Waals surface area contributed by atoms with Crippen LogP contribution in [0.4, 0.5) is 0 Å². The van der Waals surface area contributed by atoms with Gasteiger partial charge in [0.2, 0.25) is 0 Å². The van der Waals surface area contributed by atoms with Crippen molar-refractivity contribution in [2.24, 2.45) is 0 Å². The molecule has 0 fully saturated rings. The highest BCUT2D eigenvalue weighted by molar-refractivity contribution is 5.95. The summed E-state index contributed by atoms with van der Waals surface area (Å²) in [4.78, 5) is 11.3. The first-order valence-electron chi connectivity index (χ1n) is 5.92. The lowest BCUT2D eigenvalue weighted by Crippen LogP contribution is -1.96. The van der Waals surface area contributed by atoms with Crippen molar-refractivity contribution >= 4 is 5.78 Å². The quantitative estimate of drug-likeness (QED) is 0.748. The van der Waals surface area contributed by atoms with Gasteiger partial charge in [-0.3, -0.25) is 4.79 Å². The minimum atomic E-state index is 0.0781. The van der Waals surface area contributed by atoms with Crippen LogP contribution in [0.3, 0.4) is 0 Å². The summed E-state index contributed by atoms with van der Waals surface area (Å²) in [5.74, 6) is 1.63. The van der Waals surface area contributed by atoms with Crippen LogP contribution >= 0.6 is 0 Å². The van der Waals surface area contributed by atoms with E-state index in [1.165, 1.54) is 5.56 Å². The maximum Gasteiger partial charge on any atom is 0.160 e. The molecule has 2 heteroatoms. The number of ether oxygens (including phenoxy) is 1. The number of rotatable bonds is 3. The summed E-state index contributed by atoms with van der Waals surface area (Å²) in [6.07, 6.45) is 0. The molecule has 0 spiro atoms. The summed E-state index contributed by atoms with van der Waals surface area (Å²) in [6.45, 7) is 5.52. The molecule has 0 saturated heterocycles. The molecule has 92 valence electrons. The van der Waals surface area contributed by atoms with E-state index in [9.17, 15) is 4.79 Å². The normalized spacial score (nSPS) is 10.2. The van der Waals surface area contributed by atoms with E-state index in [0.29, 0.717) is 0 Å². The fourth-order valence-corrected chi connectivity index (χ4v) is 1.84. The molecular formula is C16H16O2. The van der Waals surface area contributed by atoms with E-state index in [-0.39, 0.29) is 5.78 Å². The minimum absolute atomic E-state index is 0.0781. The van der Waals surface area contributed by atoms with Gasteiger partial charge in [-0.25, -0.2) is 0 Å². The summed E-state index contributed by atoms with van der Waals surface area (Å²) in [6, 6.07) is 13.4. The highest BCUT2D eigenvalue weighted by Crippen LogP contribution is 2.24. The van der Waals surface area contributed by atoms with Crippen LogP contribution in [-0.4, -0.2) is 5.78 Å². The average molecular weight is 240 g/mol. The second-order valence-corrected chi connectivity index (χ2v) is 4.45. The summed E-state index contributed by atoms with van der Waals surface area (Å²) in [5.41, 5.74) is 2.88. The van der Waals surface area contributed by atoms with Crippen molar-refractivity contribution in [3.8, 4) is 11.5 Å². The zero-order valence-corrected chi connectivity index (χ0v) is 10.9. The smallest absolute Gasteiger partial charge is 0.160 e. The fourth-order valence-electron chi connectivity index (χ4n) is 1.84. The molecule has 0 saturated carbocycles. The second kappa shape index (κ2) is 5.05. The number of hydrogen-bond acceptors (Lipinski definition) is 2. The largest absolute Gasteiger partial charge is 0.457 e. The molecule has 0 aliphatic carbocycles. The van der Waals surface area contributed by atoms with Crippen LogP contribution in [-0.2, 0) is 0 Å². The molecule has 0 aliphatic heterocycles. The number of carbonyl (C=O) groups is 1. The van der Waals surface area contributed by atoms with Gasteiger partial charge in [-0.15, -0.1) is 0 Å². The van der Waals surface area contributed by atoms with E-state index < -0.39 is 0 Å². The lowest BCUT2D eigenvalue weighted by molar-refractivity contribution is 0.101. The maximum atomic E-state index is 11.3. The Kier molecular flexibility index (Phi) is 3.47. The zero-order chi connectivity index (χ0) is 13.1. The lowest BCUT2D eigenvalue weighted by atomic mass is 10.1. The Balaban J connectivity index is 2.22. The summed E-state index contributed by atoms with van der Waals surface area (Å²) >= 11 is 0. The van der Waals surface area contributed by atoms with E-state index >= 15 is 0 Å². The van der Waals surface area contributed by atoms with Gasteiger partial charge in [0.1, 0.15) is 11.5 Å². The molecule has 2 aromatic carbocycles. The van der Waals surface area contributed by atoms with Crippen molar-refractivity contribution < 1.29 is 9.53 Å². The first kappa shape index (κ1) is 12.4. The third kappa shape index (κ3) is 2.77. The molecule has 0 aliphatic rings. The summed E-state index contributed by atoms with van der Waals surface area (Å²) < 4.78 is 5.74. The van der Waals surface area contributed by atoms with E-state index in [0.717, 1.165) is 22.6 Å². The Morgan fingerprint density at radius 3 is 2.11 bits per heavy atom. The SMILES string of the molecule is CC(=O)c1ccc(Oc2ccc(C)cc2)cc1C. The van der Waals surface area contributed by atoms with Gasteiger partial charge in [-0.05, 0) is 56.7 Å². The third-order valence-electron chi connectivity index (χ3n) is 2.83. The molecule has 0 atom stereocenters. The third-order valence-corrected chi connectivity index (χ3v) is 2.83. The molecule has 0 radical (unpaired) electrons. The van der Waals surface area contributed by atoms with Crippen molar-refractivity contribution in [1.29, 1.82) is 0 Å². The van der Waals surface area contributed by atoms with Crippen molar-refractivity contribution in [2.45, 2.75) is 20.8 Å². The highest BCUT2D eigenvalue weighted by atomic mass is 16.5. The molecule has 0 aromatic heterocycles. The van der Waals surface area contributed by atoms with Gasteiger partial charge in [0.25, 0.3) is 0 Å². The molecule has 0 N–H and O–H groups in total. The number of ketones is 1. The molecule has 0 amide bonds. The molecule has 2 nitrogen and oxygen atoms in total. The van der Waals surface area contributed by atoms with Gasteiger partial charge in [-0.1, -0.05) is 17.7 Å². The highest BCUT2D eigenvalue weighted by Gasteiger charge is 2.05. The standard InChI is InChI=1S/C16H16O2/c1-11-4-6-14(7-5-11)18-15-8-9-16(13(3)17)12(2)10-15/h4-10H,1-3H3. The van der Waals surface area contributed by atoms with E-state index in [1.807, 2.05) is 50.2 Å². The monoisotopic (exact) mass is 240 g/mol. The van der Waals surface area contributed by atoms with Crippen molar-refractivity contribution in [1.82, 2.24) is 0 Å². The summed E-state index contributed by atoms with van der Waals surface area (Å²) in [5, 5.41) is 0. The topological polar surface area (TPSA) is 26.3 Å². The van der Waals surface area contributed by atoms with Gasteiger partial charge in [0, 0.05) is 5.56 Å². The number of carbonyl (C=O) groups excluding carboxylic acids is 1. The maximum absolute atomic E-state index is 11.3. The minimum Gasteiger partial charge on any atom is -0.457 e. The van der Waals surface area contributed by atoms with Crippen LogP contribution in [0.2, 0.25) is 0 Å². The molecule has 2 rings (SSSR count). The van der Waals surface area contributed by atoms with Gasteiger partial charge in [0.05, 0.1) is 0 Å². The number of benzene rings is 2. The average Bonchev–Trinajstić information content (AvgIpc) is 2.32. The van der Waals surface area contributed by atoms with Crippen LogP contribution < -0.4 is 4.74 Å². The van der Waals surface area contributed by atoms with Crippen LogP contribution in [0.5, 0.6) is 11.5 Å². The fraction of sp³-hybridized carbons (Fsp3) is 0.188. The van der Waals surface area contributed by atoms with Gasteiger partial charge < -0.3 is 4.74 Å². The van der Waals surface area contributed by atoms with Crippen LogP contribution in [0.15, 0.2) is 42.5 Å². The zero-order valence-electron chi connectivity index (χ0n) is 10.9. The molecule has 0 heterocycles. The molecule has 2 aromatic rings. The Morgan fingerprint density at radius 1 is 0.944 bits per heavy atom. The van der Waals surface area contributed by atoms with Crippen molar-refractivity contribution in [3.63, 3.8) is 0 Å². The molecular weight excluding hydrogens is 224 g/mol. The van der Waals surface area contributed by atoms with Crippen molar-refractivity contribution in [2.75, 3.05) is 0 Å². The van der Waals surface area contributed by atoms with Gasteiger partial charge in [-0.2, -0.15) is 0 Å². The van der Waals surface area contributed by atoms with Gasteiger partial charge in [0.15, 0.2) is 5.78 Å². The number of hydrogen-bond donors (Lipinski definition) is 0. The van der Waals surface area contributed by atoms with Crippen LogP contribution in [0.1, 0.15) is 28.4 Å². The number of aryl methyl sites for hydroxylation is 2. The van der Waals surface area contributed by atoms with E-state index in [1.54, 1.807) is 13.0 Å². The van der Waals surface area contributed by atoms with Crippen molar-refractivity contribution in [3.05, 3.63) is 59.2 Å². The van der Waals surface area contributed by atoms with E-state index in [2.05, 4.69) is 0 Å². The van der Waals surface area contributed by atoms with Gasteiger partial charge >= 0.3 is 0 Å². The van der Waals surface area contributed by atoms with Crippen LogP contribution in [0, 0.1) is 13.8 Å². The molecule has 18 heavy (non-hydrogen) atoms.